The summed E-state index contributed by atoms with van der Waals surface area (Å²) in [4.78, 5) is 102. The molecule has 3 N–H and O–H groups in total. The number of hydrogen-bond donors (Lipinski definition) is 3. The van der Waals surface area contributed by atoms with Gasteiger partial charge in [-0.15, -0.1) is 0 Å². The fourth-order valence-corrected chi connectivity index (χ4v) is 7.35. The fourth-order valence-electron chi connectivity index (χ4n) is 7.35. The topological polar surface area (TPSA) is 179 Å². The van der Waals surface area contributed by atoms with Gasteiger partial charge >= 0.3 is 0 Å². The summed E-state index contributed by atoms with van der Waals surface area (Å²) in [6.45, 7) is 0.439. The molecular weight excluding hydrogens is 642 g/mol. The number of imide groups is 2. The Bertz CT molecular complexity index is 1640. The molecule has 2 aromatic carbocycles. The smallest absolute Gasteiger partial charge is 0.255 e. The number of unbranched alkanes of at least 4 members (excludes halogenated alkanes) is 5. The first kappa shape index (κ1) is 34.7. The third kappa shape index (κ3) is 7.51. The van der Waals surface area contributed by atoms with Crippen LogP contribution in [0, 0.1) is 0 Å². The quantitative estimate of drug-likeness (QED) is 0.201. The Morgan fingerprint density at radius 1 is 0.660 bits per heavy atom. The highest BCUT2D eigenvalue weighted by Gasteiger charge is 2.41. The number of piperidine rings is 2. The van der Waals surface area contributed by atoms with Gasteiger partial charge in [0.05, 0.1) is 0 Å². The number of rotatable bonds is 14. The number of carbonyl (C=O) groups excluding carboxylic acids is 8. The summed E-state index contributed by atoms with van der Waals surface area (Å²) in [5.74, 6) is -2.20. The van der Waals surface area contributed by atoms with Crippen LogP contribution in [-0.4, -0.2) is 69.0 Å². The summed E-state index contributed by atoms with van der Waals surface area (Å²) in [6.07, 6.45) is 7.00. The number of benzene rings is 2. The predicted molar refractivity (Wildman–Crippen MR) is 179 cm³/mol. The molecule has 2 unspecified atom stereocenters. The molecular formula is C37H41N5O8. The van der Waals surface area contributed by atoms with E-state index in [-0.39, 0.29) is 74.1 Å². The van der Waals surface area contributed by atoms with Gasteiger partial charge in [-0.2, -0.15) is 0 Å². The lowest BCUT2D eigenvalue weighted by Gasteiger charge is -2.29. The molecule has 4 heterocycles. The van der Waals surface area contributed by atoms with E-state index >= 15 is 0 Å². The van der Waals surface area contributed by atoms with Gasteiger partial charge in [-0.25, -0.2) is 0 Å². The number of carbonyl (C=O) groups is 8. The van der Waals surface area contributed by atoms with Crippen LogP contribution < -0.4 is 16.0 Å². The second-order valence-corrected chi connectivity index (χ2v) is 13.5. The molecule has 2 fully saturated rings. The number of fused-ring (bicyclic) bond motifs is 2. The Hall–Kier alpha value is -5.20. The Kier molecular flexibility index (Phi) is 10.5. The SMILES string of the molecule is O=C(CCCCCCCCC(=O)Nc1cccc2c1CN(C1CCC(=O)NC1=O)C2=O)Cc1cccc2c1CN(C1CCC(=O)NC1=O)C2=O. The average molecular weight is 684 g/mol. The summed E-state index contributed by atoms with van der Waals surface area (Å²) in [5.41, 5.74) is 3.76. The normalized spacial score (nSPS) is 20.1. The summed E-state index contributed by atoms with van der Waals surface area (Å²) < 4.78 is 0. The van der Waals surface area contributed by atoms with Gasteiger partial charge in [-0.05, 0) is 55.0 Å². The summed E-state index contributed by atoms with van der Waals surface area (Å²) in [5, 5.41) is 7.53. The first-order valence-electron chi connectivity index (χ1n) is 17.4. The molecule has 2 atom stereocenters. The van der Waals surface area contributed by atoms with Crippen LogP contribution in [0.4, 0.5) is 5.69 Å². The van der Waals surface area contributed by atoms with Gasteiger partial charge in [-0.1, -0.05) is 43.9 Å². The summed E-state index contributed by atoms with van der Waals surface area (Å²) in [7, 11) is 0. The lowest BCUT2D eigenvalue weighted by molar-refractivity contribution is -0.138. The van der Waals surface area contributed by atoms with Crippen molar-refractivity contribution in [3.63, 3.8) is 0 Å². The van der Waals surface area contributed by atoms with Crippen molar-refractivity contribution in [1.29, 1.82) is 0 Å². The Labute approximate surface area is 289 Å². The molecule has 4 aliphatic rings. The van der Waals surface area contributed by atoms with Gasteiger partial charge in [0, 0.05) is 67.6 Å². The highest BCUT2D eigenvalue weighted by Crippen LogP contribution is 2.33. The van der Waals surface area contributed by atoms with Crippen molar-refractivity contribution < 1.29 is 38.4 Å². The number of ketones is 1. The molecule has 0 bridgehead atoms. The Morgan fingerprint density at radius 2 is 1.18 bits per heavy atom. The highest BCUT2D eigenvalue weighted by atomic mass is 16.2. The molecule has 50 heavy (non-hydrogen) atoms. The Morgan fingerprint density at radius 3 is 1.78 bits per heavy atom. The van der Waals surface area contributed by atoms with E-state index in [9.17, 15) is 38.4 Å². The highest BCUT2D eigenvalue weighted by molar-refractivity contribution is 6.07. The predicted octanol–water partition coefficient (Wildman–Crippen LogP) is 3.08. The zero-order chi connectivity index (χ0) is 35.4. The van der Waals surface area contributed by atoms with Gasteiger partial charge < -0.3 is 15.1 Å². The Balaban J connectivity index is 0.876. The van der Waals surface area contributed by atoms with E-state index in [1.807, 2.05) is 6.07 Å². The maximum atomic E-state index is 13.1. The minimum absolute atomic E-state index is 0.0938. The van der Waals surface area contributed by atoms with Crippen molar-refractivity contribution in [3.8, 4) is 0 Å². The van der Waals surface area contributed by atoms with Crippen LogP contribution in [0.2, 0.25) is 0 Å². The molecule has 0 aromatic heterocycles. The third-order valence-corrected chi connectivity index (χ3v) is 10.0. The number of nitrogens with zero attached hydrogens (tertiary/aromatic N) is 2. The van der Waals surface area contributed by atoms with Crippen LogP contribution in [0.5, 0.6) is 0 Å². The molecule has 262 valence electrons. The molecule has 0 saturated carbocycles. The lowest BCUT2D eigenvalue weighted by Crippen LogP contribution is -2.52. The van der Waals surface area contributed by atoms with Crippen molar-refractivity contribution in [2.75, 3.05) is 5.32 Å². The van der Waals surface area contributed by atoms with Crippen molar-refractivity contribution in [1.82, 2.24) is 20.4 Å². The van der Waals surface area contributed by atoms with Crippen molar-refractivity contribution in [3.05, 3.63) is 64.2 Å². The number of nitrogens with one attached hydrogen (secondary N) is 3. The zero-order valence-corrected chi connectivity index (χ0v) is 27.9. The zero-order valence-electron chi connectivity index (χ0n) is 27.9. The monoisotopic (exact) mass is 683 g/mol. The molecule has 13 nitrogen and oxygen atoms in total. The maximum Gasteiger partial charge on any atom is 0.255 e. The molecule has 7 amide bonds. The van der Waals surface area contributed by atoms with Gasteiger partial charge in [0.25, 0.3) is 11.8 Å². The molecule has 2 aromatic rings. The second kappa shape index (κ2) is 15.1. The minimum Gasteiger partial charge on any atom is -0.326 e. The maximum absolute atomic E-state index is 13.1. The molecule has 4 aliphatic heterocycles. The fraction of sp³-hybridized carbons (Fsp3) is 0.459. The van der Waals surface area contributed by atoms with E-state index in [0.29, 0.717) is 48.1 Å². The van der Waals surface area contributed by atoms with Crippen LogP contribution in [0.25, 0.3) is 0 Å². The minimum atomic E-state index is -0.717. The largest absolute Gasteiger partial charge is 0.326 e. The molecule has 0 spiro atoms. The molecule has 13 heteroatoms. The van der Waals surface area contributed by atoms with E-state index in [1.165, 1.54) is 9.80 Å². The van der Waals surface area contributed by atoms with Crippen LogP contribution >= 0.6 is 0 Å². The molecule has 2 saturated heterocycles. The molecule has 0 radical (unpaired) electrons. The number of anilines is 1. The molecule has 6 rings (SSSR count). The number of amides is 7. The van der Waals surface area contributed by atoms with E-state index < -0.39 is 23.9 Å². The van der Waals surface area contributed by atoms with Gasteiger partial charge in [0.2, 0.25) is 29.5 Å². The van der Waals surface area contributed by atoms with Gasteiger partial charge in [-0.3, -0.25) is 49.0 Å². The van der Waals surface area contributed by atoms with Gasteiger partial charge in [0.15, 0.2) is 0 Å². The lowest BCUT2D eigenvalue weighted by atomic mass is 9.97. The van der Waals surface area contributed by atoms with Crippen LogP contribution in [-0.2, 0) is 48.3 Å². The first-order valence-corrected chi connectivity index (χ1v) is 17.4. The number of Topliss-reactive ketones (excluding diaryl/α,β-unsaturated/α-hetero) is 1. The first-order chi connectivity index (χ1) is 24.1. The van der Waals surface area contributed by atoms with E-state index in [0.717, 1.165) is 43.2 Å². The summed E-state index contributed by atoms with van der Waals surface area (Å²) in [6, 6.07) is 9.06. The van der Waals surface area contributed by atoms with E-state index in [1.54, 1.807) is 30.3 Å². The molecule has 0 aliphatic carbocycles. The van der Waals surface area contributed by atoms with E-state index in [2.05, 4.69) is 16.0 Å². The average Bonchev–Trinajstić information content (AvgIpc) is 3.59. The van der Waals surface area contributed by atoms with Crippen molar-refractivity contribution in [2.45, 2.75) is 109 Å². The van der Waals surface area contributed by atoms with E-state index in [4.69, 9.17) is 0 Å². The standard InChI is InChI=1S/C37H41N5O8/c43-23(19-22-9-7-11-24-26(22)20-41(36(24)49)29-15-17-32(45)39-34(29)47)10-5-3-1-2-4-6-14-31(44)38-28-13-8-12-25-27(28)21-42(37(25)50)30-16-18-33(46)40-35(30)48/h7-9,11-13,29-30H,1-6,10,14-21H2,(H,38,44)(H,39,45,47)(H,40,46,48). The number of hydrogen-bond acceptors (Lipinski definition) is 8. The second-order valence-electron chi connectivity index (χ2n) is 13.5. The third-order valence-electron chi connectivity index (χ3n) is 10.0. The summed E-state index contributed by atoms with van der Waals surface area (Å²) >= 11 is 0. The van der Waals surface area contributed by atoms with Crippen LogP contribution in [0.3, 0.4) is 0 Å². The van der Waals surface area contributed by atoms with Crippen LogP contribution in [0.15, 0.2) is 36.4 Å². The van der Waals surface area contributed by atoms with Crippen LogP contribution in [0.1, 0.15) is 114 Å². The van der Waals surface area contributed by atoms with Gasteiger partial charge in [0.1, 0.15) is 17.9 Å². The van der Waals surface area contributed by atoms with Crippen molar-refractivity contribution in [2.24, 2.45) is 0 Å². The van der Waals surface area contributed by atoms with Crippen molar-refractivity contribution >= 4 is 52.8 Å².